The van der Waals surface area contributed by atoms with Crippen LogP contribution in [0.15, 0.2) is 27.6 Å². The van der Waals surface area contributed by atoms with Crippen molar-refractivity contribution >= 4 is 15.9 Å². The third-order valence-electron chi connectivity index (χ3n) is 6.42. The number of carbonyl (C=O) groups excluding carboxylic acids is 1. The number of fused-ring (bicyclic) bond motifs is 1. The molecular formula is C21H26N4O4S. The maximum absolute atomic E-state index is 13.4. The lowest BCUT2D eigenvalue weighted by molar-refractivity contribution is -0.123. The number of amides is 1. The van der Waals surface area contributed by atoms with Crippen LogP contribution in [0.25, 0.3) is 0 Å². The lowest BCUT2D eigenvalue weighted by Gasteiger charge is -2.36. The van der Waals surface area contributed by atoms with Gasteiger partial charge < -0.3 is 9.84 Å². The summed E-state index contributed by atoms with van der Waals surface area (Å²) in [5, 5.41) is 6.93. The number of rotatable bonds is 5. The van der Waals surface area contributed by atoms with E-state index in [0.717, 1.165) is 37.7 Å². The van der Waals surface area contributed by atoms with Gasteiger partial charge in [-0.25, -0.2) is 8.42 Å². The van der Waals surface area contributed by atoms with Crippen molar-refractivity contribution in [3.8, 4) is 0 Å². The Morgan fingerprint density at radius 2 is 2.00 bits per heavy atom. The van der Waals surface area contributed by atoms with Gasteiger partial charge in [0.05, 0.1) is 16.9 Å². The van der Waals surface area contributed by atoms with Gasteiger partial charge >= 0.3 is 0 Å². The van der Waals surface area contributed by atoms with E-state index in [1.165, 1.54) is 9.87 Å². The first-order valence-corrected chi connectivity index (χ1v) is 12.1. The number of carbonyl (C=O) groups is 1. The van der Waals surface area contributed by atoms with E-state index in [4.69, 9.17) is 4.52 Å². The molecule has 1 amide bonds. The van der Waals surface area contributed by atoms with Crippen LogP contribution < -0.4 is 5.32 Å². The fourth-order valence-corrected chi connectivity index (χ4v) is 6.08. The largest absolute Gasteiger partial charge is 0.351 e. The summed E-state index contributed by atoms with van der Waals surface area (Å²) in [6.45, 7) is 2.30. The van der Waals surface area contributed by atoms with Crippen molar-refractivity contribution in [1.82, 2.24) is 19.8 Å². The zero-order valence-electron chi connectivity index (χ0n) is 17.0. The fourth-order valence-electron chi connectivity index (χ4n) is 4.55. The summed E-state index contributed by atoms with van der Waals surface area (Å²) < 4.78 is 33.6. The van der Waals surface area contributed by atoms with Crippen LogP contribution in [0.1, 0.15) is 54.4 Å². The first-order valence-electron chi connectivity index (χ1n) is 10.6. The molecule has 1 aromatic heterocycles. The van der Waals surface area contributed by atoms with Crippen LogP contribution in [0.4, 0.5) is 0 Å². The molecule has 1 saturated heterocycles. The molecule has 2 atom stereocenters. The fraction of sp³-hybridized carbons (Fsp3) is 0.571. The van der Waals surface area contributed by atoms with Gasteiger partial charge in [0, 0.05) is 19.0 Å². The number of nitrogens with zero attached hydrogens (tertiary/aromatic N) is 3. The zero-order valence-corrected chi connectivity index (χ0v) is 17.8. The van der Waals surface area contributed by atoms with Gasteiger partial charge in [0.2, 0.25) is 21.8 Å². The van der Waals surface area contributed by atoms with E-state index in [9.17, 15) is 13.2 Å². The molecule has 160 valence electrons. The Kier molecular flexibility index (Phi) is 4.89. The minimum Gasteiger partial charge on any atom is -0.351 e. The SMILES string of the molecule is Cc1noc([C@H]2CCN(S(=O)(=O)c3ccc4c(c3)CCC4)C[C@H]2NC(=O)C2CC2)n1. The van der Waals surface area contributed by atoms with Gasteiger partial charge in [-0.1, -0.05) is 11.2 Å². The molecule has 8 nitrogen and oxygen atoms in total. The second kappa shape index (κ2) is 7.46. The standard InChI is InChI=1S/C21H26N4O4S/c1-13-22-21(29-24-13)18-9-10-25(12-19(18)23-20(26)15-5-6-15)30(27,28)17-8-7-14-3-2-4-16(14)11-17/h7-8,11,15,18-19H,2-6,9-10,12H2,1H3,(H,23,26)/t18-,19+/m0/s1. The summed E-state index contributed by atoms with van der Waals surface area (Å²) in [5.41, 5.74) is 2.37. The highest BCUT2D eigenvalue weighted by atomic mass is 32.2. The third-order valence-corrected chi connectivity index (χ3v) is 8.28. The Morgan fingerprint density at radius 3 is 2.73 bits per heavy atom. The van der Waals surface area contributed by atoms with Gasteiger partial charge in [-0.2, -0.15) is 9.29 Å². The summed E-state index contributed by atoms with van der Waals surface area (Å²) in [6.07, 6.45) is 5.31. The number of benzene rings is 1. The minimum atomic E-state index is -3.64. The normalized spacial score (nSPS) is 24.6. The molecule has 2 aliphatic carbocycles. The molecule has 1 aliphatic heterocycles. The van der Waals surface area contributed by atoms with Gasteiger partial charge in [-0.05, 0) is 68.7 Å². The van der Waals surface area contributed by atoms with Crippen molar-refractivity contribution in [3.05, 3.63) is 41.0 Å². The van der Waals surface area contributed by atoms with Crippen LogP contribution >= 0.6 is 0 Å². The molecule has 0 spiro atoms. The van der Waals surface area contributed by atoms with Crippen LogP contribution in [0.2, 0.25) is 0 Å². The van der Waals surface area contributed by atoms with E-state index in [0.29, 0.717) is 29.6 Å². The first kappa shape index (κ1) is 19.7. The smallest absolute Gasteiger partial charge is 0.243 e. The number of hydrogen-bond acceptors (Lipinski definition) is 6. The van der Waals surface area contributed by atoms with Gasteiger partial charge in [-0.3, -0.25) is 4.79 Å². The molecule has 0 bridgehead atoms. The Bertz CT molecular complexity index is 1080. The number of sulfonamides is 1. The summed E-state index contributed by atoms with van der Waals surface area (Å²) >= 11 is 0. The predicted octanol–water partition coefficient (Wildman–Crippen LogP) is 1.94. The Balaban J connectivity index is 1.40. The maximum Gasteiger partial charge on any atom is 0.243 e. The Morgan fingerprint density at radius 1 is 1.20 bits per heavy atom. The molecule has 1 aromatic carbocycles. The number of hydrogen-bond donors (Lipinski definition) is 1. The maximum atomic E-state index is 13.4. The number of nitrogens with one attached hydrogen (secondary N) is 1. The molecule has 9 heteroatoms. The van der Waals surface area contributed by atoms with Gasteiger partial charge in [-0.15, -0.1) is 0 Å². The molecule has 2 fully saturated rings. The van der Waals surface area contributed by atoms with Crippen LogP contribution in [0, 0.1) is 12.8 Å². The second-order valence-electron chi connectivity index (χ2n) is 8.61. The monoisotopic (exact) mass is 430 g/mol. The molecule has 0 unspecified atom stereocenters. The lowest BCUT2D eigenvalue weighted by atomic mass is 9.92. The van der Waals surface area contributed by atoms with E-state index >= 15 is 0 Å². The Hall–Kier alpha value is -2.26. The highest BCUT2D eigenvalue weighted by Crippen LogP contribution is 2.34. The van der Waals surface area contributed by atoms with Gasteiger partial charge in [0.25, 0.3) is 0 Å². The number of aromatic nitrogens is 2. The van der Waals surface area contributed by atoms with Crippen LogP contribution in [0.3, 0.4) is 0 Å². The summed E-state index contributed by atoms with van der Waals surface area (Å²) in [6, 6.07) is 5.08. The quantitative estimate of drug-likeness (QED) is 0.777. The van der Waals surface area contributed by atoms with Crippen molar-refractivity contribution in [2.24, 2.45) is 5.92 Å². The van der Waals surface area contributed by atoms with Crippen molar-refractivity contribution in [3.63, 3.8) is 0 Å². The third kappa shape index (κ3) is 3.65. The molecule has 2 heterocycles. The summed E-state index contributed by atoms with van der Waals surface area (Å²) in [4.78, 5) is 17.1. The predicted molar refractivity (Wildman–Crippen MR) is 108 cm³/mol. The van der Waals surface area contributed by atoms with Crippen molar-refractivity contribution < 1.29 is 17.7 Å². The zero-order chi connectivity index (χ0) is 20.9. The average molecular weight is 431 g/mol. The van der Waals surface area contributed by atoms with Crippen molar-refractivity contribution in [2.75, 3.05) is 13.1 Å². The number of piperidine rings is 1. The van der Waals surface area contributed by atoms with E-state index in [2.05, 4.69) is 15.5 Å². The average Bonchev–Trinajstić information content (AvgIpc) is 3.33. The van der Waals surface area contributed by atoms with Gasteiger partial charge in [0.15, 0.2) is 5.82 Å². The van der Waals surface area contributed by atoms with E-state index in [1.807, 2.05) is 12.1 Å². The highest BCUT2D eigenvalue weighted by Gasteiger charge is 2.41. The van der Waals surface area contributed by atoms with E-state index in [1.54, 1.807) is 13.0 Å². The van der Waals surface area contributed by atoms with Crippen molar-refractivity contribution in [1.29, 1.82) is 0 Å². The molecule has 1 N–H and O–H groups in total. The molecule has 30 heavy (non-hydrogen) atoms. The highest BCUT2D eigenvalue weighted by molar-refractivity contribution is 7.89. The van der Waals surface area contributed by atoms with E-state index < -0.39 is 16.1 Å². The molecule has 0 radical (unpaired) electrons. The van der Waals surface area contributed by atoms with Gasteiger partial charge in [0.1, 0.15) is 0 Å². The lowest BCUT2D eigenvalue weighted by Crippen LogP contribution is -2.53. The number of aryl methyl sites for hydroxylation is 3. The van der Waals surface area contributed by atoms with E-state index in [-0.39, 0.29) is 24.3 Å². The molecule has 2 aromatic rings. The second-order valence-corrected chi connectivity index (χ2v) is 10.5. The van der Waals surface area contributed by atoms with Crippen LogP contribution in [-0.4, -0.2) is 47.9 Å². The van der Waals surface area contributed by atoms with Crippen LogP contribution in [-0.2, 0) is 27.7 Å². The molecule has 5 rings (SSSR count). The molecule has 1 saturated carbocycles. The van der Waals surface area contributed by atoms with Crippen molar-refractivity contribution in [2.45, 2.75) is 62.3 Å². The summed E-state index contributed by atoms with van der Waals surface area (Å²) in [5.74, 6) is 0.825. The van der Waals surface area contributed by atoms with Crippen LogP contribution in [0.5, 0.6) is 0 Å². The summed E-state index contributed by atoms with van der Waals surface area (Å²) in [7, 11) is -3.64. The molecule has 3 aliphatic rings. The topological polar surface area (TPSA) is 105 Å². The first-order chi connectivity index (χ1) is 14.4. The molecular weight excluding hydrogens is 404 g/mol. The Labute approximate surface area is 176 Å². The minimum absolute atomic E-state index is 0.0157.